The fourth-order valence-electron chi connectivity index (χ4n) is 5.35. The van der Waals surface area contributed by atoms with Gasteiger partial charge in [-0.1, -0.05) is 60.2 Å². The van der Waals surface area contributed by atoms with E-state index in [9.17, 15) is 14.4 Å². The van der Waals surface area contributed by atoms with E-state index in [1.54, 1.807) is 7.11 Å². The van der Waals surface area contributed by atoms with Crippen molar-refractivity contribution in [2.45, 2.75) is 25.4 Å². The molecule has 2 aromatic rings. The Kier molecular flexibility index (Phi) is 5.18. The summed E-state index contributed by atoms with van der Waals surface area (Å²) in [6.45, 7) is 2.76. The monoisotopic (exact) mass is 430 g/mol. The molecule has 0 saturated carbocycles. The number of rotatable bonds is 6. The molecule has 3 heterocycles. The van der Waals surface area contributed by atoms with Crippen molar-refractivity contribution in [2.75, 3.05) is 25.2 Å². The van der Waals surface area contributed by atoms with E-state index in [-0.39, 0.29) is 23.6 Å². The Morgan fingerprint density at radius 1 is 1.00 bits per heavy atom. The molecule has 32 heavy (non-hydrogen) atoms. The van der Waals surface area contributed by atoms with Crippen molar-refractivity contribution in [3.8, 4) is 0 Å². The second kappa shape index (κ2) is 8.02. The number of anilines is 1. The van der Waals surface area contributed by atoms with E-state index in [0.29, 0.717) is 25.1 Å². The van der Waals surface area contributed by atoms with Gasteiger partial charge >= 0.3 is 0 Å². The number of para-hydroxylation sites is 1. The first kappa shape index (κ1) is 20.6. The standard InChI is InChI=1S/C26H26N2O4/c1-16-8-10-18(11-9-16)24(29)23-22-21(25(30)27(26(22)31)14-5-15-32-2)20-13-12-17-6-3-4-7-19(17)28(20)23/h3-4,6-13,20-23H,5,14-15H2,1-2H3/t20-,21-,22-,23-/m0/s1. The maximum atomic E-state index is 13.8. The molecule has 2 amide bonds. The van der Waals surface area contributed by atoms with Crippen molar-refractivity contribution < 1.29 is 19.1 Å². The van der Waals surface area contributed by atoms with Gasteiger partial charge in [0.1, 0.15) is 6.04 Å². The minimum Gasteiger partial charge on any atom is -0.385 e. The SMILES string of the molecule is COCCCN1C(=O)[C@@H]2[C@H](C1=O)[C@@H](C(=O)c1ccc(C)cc1)N1c3ccccc3C=C[C@@H]21. The molecule has 0 radical (unpaired) electrons. The number of methoxy groups -OCH3 is 1. The summed E-state index contributed by atoms with van der Waals surface area (Å²) in [6.07, 6.45) is 4.56. The minimum atomic E-state index is -0.720. The molecular weight excluding hydrogens is 404 g/mol. The van der Waals surface area contributed by atoms with Crippen LogP contribution in [-0.2, 0) is 14.3 Å². The van der Waals surface area contributed by atoms with E-state index in [1.165, 1.54) is 4.90 Å². The van der Waals surface area contributed by atoms with Gasteiger partial charge in [-0.25, -0.2) is 0 Å². The molecule has 2 aromatic carbocycles. The molecule has 5 rings (SSSR count). The third kappa shape index (κ3) is 3.09. The predicted octanol–water partition coefficient (Wildman–Crippen LogP) is 3.10. The van der Waals surface area contributed by atoms with Crippen LogP contribution in [0.1, 0.15) is 27.9 Å². The number of aryl methyl sites for hydroxylation is 1. The topological polar surface area (TPSA) is 66.9 Å². The van der Waals surface area contributed by atoms with Gasteiger partial charge < -0.3 is 9.64 Å². The lowest BCUT2D eigenvalue weighted by Crippen LogP contribution is -2.48. The van der Waals surface area contributed by atoms with Crippen LogP contribution >= 0.6 is 0 Å². The van der Waals surface area contributed by atoms with Crippen LogP contribution in [0, 0.1) is 18.8 Å². The quantitative estimate of drug-likeness (QED) is 0.400. The number of hydrogen-bond donors (Lipinski definition) is 0. The number of imide groups is 1. The van der Waals surface area contributed by atoms with Crippen LogP contribution in [0.5, 0.6) is 0 Å². The van der Waals surface area contributed by atoms with Crippen LogP contribution in [0.3, 0.4) is 0 Å². The Labute approximate surface area is 187 Å². The molecular formula is C26H26N2O4. The lowest BCUT2D eigenvalue weighted by Gasteiger charge is -2.36. The highest BCUT2D eigenvalue weighted by atomic mass is 16.5. The Hall–Kier alpha value is -3.25. The van der Waals surface area contributed by atoms with Crippen molar-refractivity contribution in [3.05, 3.63) is 71.3 Å². The van der Waals surface area contributed by atoms with Gasteiger partial charge in [-0.15, -0.1) is 0 Å². The molecule has 164 valence electrons. The van der Waals surface area contributed by atoms with Crippen LogP contribution in [0.15, 0.2) is 54.6 Å². The Balaban J connectivity index is 1.58. The van der Waals surface area contributed by atoms with Crippen molar-refractivity contribution >= 4 is 29.4 Å². The number of ketones is 1. The molecule has 3 aliphatic rings. The molecule has 0 unspecified atom stereocenters. The maximum Gasteiger partial charge on any atom is 0.235 e. The number of carbonyl (C=O) groups is 3. The highest BCUT2D eigenvalue weighted by Crippen LogP contribution is 2.49. The number of ether oxygens (including phenoxy) is 1. The Morgan fingerprint density at radius 2 is 1.72 bits per heavy atom. The van der Waals surface area contributed by atoms with Crippen LogP contribution in [-0.4, -0.2) is 54.8 Å². The maximum absolute atomic E-state index is 13.8. The first-order valence-electron chi connectivity index (χ1n) is 11.0. The van der Waals surface area contributed by atoms with E-state index in [0.717, 1.165) is 16.8 Å². The van der Waals surface area contributed by atoms with E-state index in [4.69, 9.17) is 4.74 Å². The number of likely N-dealkylation sites (tertiary alicyclic amines) is 1. The van der Waals surface area contributed by atoms with Gasteiger partial charge in [0, 0.05) is 31.5 Å². The predicted molar refractivity (Wildman–Crippen MR) is 121 cm³/mol. The zero-order valence-corrected chi connectivity index (χ0v) is 18.2. The molecule has 2 fully saturated rings. The normalized spacial score (nSPS) is 25.7. The number of amides is 2. The molecule has 2 saturated heterocycles. The largest absolute Gasteiger partial charge is 0.385 e. The fraction of sp³-hybridized carbons (Fsp3) is 0.346. The molecule has 0 spiro atoms. The number of nitrogens with zero attached hydrogens (tertiary/aromatic N) is 2. The summed E-state index contributed by atoms with van der Waals surface area (Å²) in [5.41, 5.74) is 3.50. The fourth-order valence-corrected chi connectivity index (χ4v) is 5.35. The second-order valence-corrected chi connectivity index (χ2v) is 8.72. The molecule has 3 aliphatic heterocycles. The summed E-state index contributed by atoms with van der Waals surface area (Å²) in [5, 5.41) is 0. The van der Waals surface area contributed by atoms with Crippen molar-refractivity contribution in [1.82, 2.24) is 4.90 Å². The van der Waals surface area contributed by atoms with Gasteiger partial charge in [0.2, 0.25) is 11.8 Å². The van der Waals surface area contributed by atoms with E-state index >= 15 is 0 Å². The average molecular weight is 431 g/mol. The van der Waals surface area contributed by atoms with Gasteiger partial charge in [-0.3, -0.25) is 19.3 Å². The number of Topliss-reactive ketones (excluding diaryl/α,β-unsaturated/α-hetero) is 1. The van der Waals surface area contributed by atoms with E-state index in [1.807, 2.05) is 72.5 Å². The van der Waals surface area contributed by atoms with Gasteiger partial charge in [-0.2, -0.15) is 0 Å². The third-order valence-electron chi connectivity index (χ3n) is 6.84. The zero-order chi connectivity index (χ0) is 22.4. The molecule has 6 nitrogen and oxygen atoms in total. The van der Waals surface area contributed by atoms with Crippen LogP contribution in [0.25, 0.3) is 6.08 Å². The summed E-state index contributed by atoms with van der Waals surface area (Å²) in [4.78, 5) is 44.1. The highest BCUT2D eigenvalue weighted by Gasteiger charge is 2.63. The Morgan fingerprint density at radius 3 is 2.47 bits per heavy atom. The summed E-state index contributed by atoms with van der Waals surface area (Å²) < 4.78 is 5.10. The molecule has 0 bridgehead atoms. The summed E-state index contributed by atoms with van der Waals surface area (Å²) in [6, 6.07) is 14.2. The van der Waals surface area contributed by atoms with Crippen LogP contribution in [0.2, 0.25) is 0 Å². The molecule has 4 atom stereocenters. The van der Waals surface area contributed by atoms with Gasteiger partial charge in [0.05, 0.1) is 17.9 Å². The van der Waals surface area contributed by atoms with Crippen LogP contribution in [0.4, 0.5) is 5.69 Å². The average Bonchev–Trinajstić information content (AvgIpc) is 3.28. The van der Waals surface area contributed by atoms with Crippen molar-refractivity contribution in [3.63, 3.8) is 0 Å². The van der Waals surface area contributed by atoms with Gasteiger partial charge in [-0.05, 0) is 25.0 Å². The second-order valence-electron chi connectivity index (χ2n) is 8.72. The third-order valence-corrected chi connectivity index (χ3v) is 6.84. The summed E-state index contributed by atoms with van der Waals surface area (Å²) in [5.74, 6) is -1.81. The van der Waals surface area contributed by atoms with Gasteiger partial charge in [0.25, 0.3) is 0 Å². The molecule has 6 heteroatoms. The van der Waals surface area contributed by atoms with Crippen molar-refractivity contribution in [2.24, 2.45) is 11.8 Å². The minimum absolute atomic E-state index is 0.118. The number of carbonyl (C=O) groups excluding carboxylic acids is 3. The first-order chi connectivity index (χ1) is 15.5. The lowest BCUT2D eigenvalue weighted by molar-refractivity contribution is -0.140. The lowest BCUT2D eigenvalue weighted by atomic mass is 9.86. The number of benzene rings is 2. The molecule has 0 aromatic heterocycles. The number of hydrogen-bond acceptors (Lipinski definition) is 5. The Bertz CT molecular complexity index is 1110. The first-order valence-corrected chi connectivity index (χ1v) is 11.0. The molecule has 0 aliphatic carbocycles. The number of fused-ring (bicyclic) bond motifs is 5. The summed E-state index contributed by atoms with van der Waals surface area (Å²) >= 11 is 0. The van der Waals surface area contributed by atoms with E-state index < -0.39 is 17.9 Å². The molecule has 0 N–H and O–H groups in total. The van der Waals surface area contributed by atoms with Gasteiger partial charge in [0.15, 0.2) is 5.78 Å². The summed E-state index contributed by atoms with van der Waals surface area (Å²) in [7, 11) is 1.60. The van der Waals surface area contributed by atoms with Crippen LogP contribution < -0.4 is 4.90 Å². The van der Waals surface area contributed by atoms with Crippen molar-refractivity contribution in [1.29, 1.82) is 0 Å². The van der Waals surface area contributed by atoms with E-state index in [2.05, 4.69) is 0 Å². The highest BCUT2D eigenvalue weighted by molar-refractivity contribution is 6.14. The zero-order valence-electron chi connectivity index (χ0n) is 18.2. The smallest absolute Gasteiger partial charge is 0.235 e.